The summed E-state index contributed by atoms with van der Waals surface area (Å²) in [5, 5.41) is 9.72. The van der Waals surface area contributed by atoms with E-state index in [1.807, 2.05) is 0 Å². The quantitative estimate of drug-likeness (QED) is 0.562. The summed E-state index contributed by atoms with van der Waals surface area (Å²) in [6, 6.07) is 0. The highest BCUT2D eigenvalue weighted by Crippen LogP contribution is 2.66. The van der Waals surface area contributed by atoms with Gasteiger partial charge in [-0.15, -0.1) is 0 Å². The van der Waals surface area contributed by atoms with Crippen LogP contribution < -0.4 is 0 Å². The molecule has 11 heavy (non-hydrogen) atoms. The predicted molar refractivity (Wildman–Crippen MR) is 43.1 cm³/mol. The summed E-state index contributed by atoms with van der Waals surface area (Å²) in [7, 11) is 0. The molecular weight excluding hydrogens is 136 g/mol. The van der Waals surface area contributed by atoms with Crippen LogP contribution in [-0.4, -0.2) is 11.2 Å². The molecule has 3 aliphatic rings. The smallest absolute Gasteiger partial charge is 0.0576 e. The van der Waals surface area contributed by atoms with Gasteiger partial charge in [0.05, 0.1) is 6.10 Å². The molecule has 62 valence electrons. The minimum Gasteiger partial charge on any atom is -0.393 e. The summed E-state index contributed by atoms with van der Waals surface area (Å²) >= 11 is 0. The maximum atomic E-state index is 9.72. The van der Waals surface area contributed by atoms with Crippen LogP contribution in [0.1, 0.15) is 38.5 Å². The maximum Gasteiger partial charge on any atom is 0.0576 e. The van der Waals surface area contributed by atoms with Crippen molar-refractivity contribution in [2.24, 2.45) is 17.3 Å². The van der Waals surface area contributed by atoms with E-state index in [4.69, 9.17) is 0 Å². The van der Waals surface area contributed by atoms with Crippen molar-refractivity contribution >= 4 is 0 Å². The molecular formula is C10H16O. The number of aliphatic hydroxyl groups is 1. The monoisotopic (exact) mass is 152 g/mol. The Kier molecular flexibility index (Phi) is 1.07. The lowest BCUT2D eigenvalue weighted by Crippen LogP contribution is -2.35. The molecule has 0 aromatic rings. The van der Waals surface area contributed by atoms with Crippen molar-refractivity contribution in [2.45, 2.75) is 44.6 Å². The van der Waals surface area contributed by atoms with Crippen molar-refractivity contribution < 1.29 is 5.11 Å². The van der Waals surface area contributed by atoms with Crippen molar-refractivity contribution in [2.75, 3.05) is 0 Å². The van der Waals surface area contributed by atoms with Crippen LogP contribution in [0.25, 0.3) is 0 Å². The van der Waals surface area contributed by atoms with Gasteiger partial charge in [-0.25, -0.2) is 0 Å². The average Bonchev–Trinajstić information content (AvgIpc) is 2.36. The van der Waals surface area contributed by atoms with Crippen molar-refractivity contribution in [3.8, 4) is 0 Å². The third-order valence-electron chi connectivity index (χ3n) is 4.65. The molecule has 0 aliphatic heterocycles. The Labute approximate surface area is 67.8 Å². The van der Waals surface area contributed by atoms with Gasteiger partial charge >= 0.3 is 0 Å². The molecule has 1 spiro atoms. The minimum absolute atomic E-state index is 0.0778. The highest BCUT2D eigenvalue weighted by atomic mass is 16.3. The van der Waals surface area contributed by atoms with Crippen molar-refractivity contribution in [1.29, 1.82) is 0 Å². The highest BCUT2D eigenvalue weighted by Gasteiger charge is 2.60. The Hall–Kier alpha value is -0.0400. The second kappa shape index (κ2) is 1.82. The van der Waals surface area contributed by atoms with E-state index in [1.54, 1.807) is 0 Å². The van der Waals surface area contributed by atoms with E-state index in [0.717, 1.165) is 12.3 Å². The average molecular weight is 152 g/mol. The molecule has 0 radical (unpaired) electrons. The van der Waals surface area contributed by atoms with E-state index in [9.17, 15) is 5.11 Å². The van der Waals surface area contributed by atoms with Crippen LogP contribution in [0.3, 0.4) is 0 Å². The van der Waals surface area contributed by atoms with Gasteiger partial charge in [0.15, 0.2) is 0 Å². The van der Waals surface area contributed by atoms with E-state index in [-0.39, 0.29) is 6.10 Å². The molecule has 3 aliphatic carbocycles. The summed E-state index contributed by atoms with van der Waals surface area (Å²) in [6.45, 7) is 0. The Balaban J connectivity index is 1.95. The fourth-order valence-electron chi connectivity index (χ4n) is 4.01. The highest BCUT2D eigenvalue weighted by molar-refractivity contribution is 5.10. The van der Waals surface area contributed by atoms with Crippen molar-refractivity contribution in [3.63, 3.8) is 0 Å². The van der Waals surface area contributed by atoms with E-state index >= 15 is 0 Å². The molecule has 0 unspecified atom stereocenters. The standard InChI is InChI=1S/C10H16O/c11-9-6-7-2-3-8(9)10(7)4-1-5-10/h7-9,11H,1-6H2/t7-,8+,9-/m0/s1. The van der Waals surface area contributed by atoms with Crippen LogP contribution in [0.4, 0.5) is 0 Å². The number of hydrogen-bond acceptors (Lipinski definition) is 1. The summed E-state index contributed by atoms with van der Waals surface area (Å²) in [5.41, 5.74) is 0.666. The molecule has 3 atom stereocenters. The minimum atomic E-state index is 0.0778. The molecule has 0 amide bonds. The summed E-state index contributed by atoms with van der Waals surface area (Å²) in [5.74, 6) is 1.62. The van der Waals surface area contributed by atoms with Crippen LogP contribution >= 0.6 is 0 Å². The maximum absolute atomic E-state index is 9.72. The van der Waals surface area contributed by atoms with Gasteiger partial charge in [-0.3, -0.25) is 0 Å². The van der Waals surface area contributed by atoms with Gasteiger partial charge in [-0.1, -0.05) is 6.42 Å². The lowest BCUT2D eigenvalue weighted by Gasteiger charge is -2.43. The van der Waals surface area contributed by atoms with Crippen LogP contribution in [0.2, 0.25) is 0 Å². The van der Waals surface area contributed by atoms with Crippen LogP contribution in [0, 0.1) is 17.3 Å². The van der Waals surface area contributed by atoms with Gasteiger partial charge in [0.25, 0.3) is 0 Å². The largest absolute Gasteiger partial charge is 0.393 e. The fraction of sp³-hybridized carbons (Fsp3) is 1.00. The molecule has 1 nitrogen and oxygen atoms in total. The molecule has 3 fully saturated rings. The Morgan fingerprint density at radius 1 is 1.18 bits per heavy atom. The zero-order valence-electron chi connectivity index (χ0n) is 6.92. The second-order valence-electron chi connectivity index (χ2n) is 4.77. The number of rotatable bonds is 0. The van der Waals surface area contributed by atoms with Crippen molar-refractivity contribution in [1.82, 2.24) is 0 Å². The lowest BCUT2D eigenvalue weighted by molar-refractivity contribution is 0.0325. The van der Waals surface area contributed by atoms with Gasteiger partial charge < -0.3 is 5.11 Å². The normalized spacial score (nSPS) is 51.5. The van der Waals surface area contributed by atoms with Crippen LogP contribution in [0.15, 0.2) is 0 Å². The third kappa shape index (κ3) is 0.581. The topological polar surface area (TPSA) is 20.2 Å². The molecule has 3 saturated carbocycles. The van der Waals surface area contributed by atoms with Gasteiger partial charge in [-0.2, -0.15) is 0 Å². The van der Waals surface area contributed by atoms with E-state index in [0.29, 0.717) is 11.3 Å². The van der Waals surface area contributed by atoms with Crippen LogP contribution in [-0.2, 0) is 0 Å². The zero-order chi connectivity index (χ0) is 7.47. The first-order chi connectivity index (χ1) is 5.33. The first-order valence-electron chi connectivity index (χ1n) is 5.01. The lowest BCUT2D eigenvalue weighted by atomic mass is 9.62. The fourth-order valence-corrected chi connectivity index (χ4v) is 4.01. The Morgan fingerprint density at radius 2 is 2.00 bits per heavy atom. The SMILES string of the molecule is O[C@H]1C[C@@H]2CC[C@H]1C21CCC1. The zero-order valence-corrected chi connectivity index (χ0v) is 6.92. The molecule has 0 aromatic carbocycles. The summed E-state index contributed by atoms with van der Waals surface area (Å²) in [4.78, 5) is 0. The van der Waals surface area contributed by atoms with Gasteiger partial charge in [0, 0.05) is 0 Å². The number of aliphatic hydroxyl groups excluding tert-OH is 1. The summed E-state index contributed by atoms with van der Waals surface area (Å²) < 4.78 is 0. The summed E-state index contributed by atoms with van der Waals surface area (Å²) in [6.07, 6.45) is 8.24. The predicted octanol–water partition coefficient (Wildman–Crippen LogP) is 1.95. The molecule has 0 saturated heterocycles. The first kappa shape index (κ1) is 6.47. The molecule has 2 bridgehead atoms. The van der Waals surface area contributed by atoms with Crippen LogP contribution in [0.5, 0.6) is 0 Å². The molecule has 1 N–H and O–H groups in total. The number of hydrogen-bond donors (Lipinski definition) is 1. The first-order valence-corrected chi connectivity index (χ1v) is 5.01. The van der Waals surface area contributed by atoms with E-state index in [2.05, 4.69) is 0 Å². The van der Waals surface area contributed by atoms with Crippen molar-refractivity contribution in [3.05, 3.63) is 0 Å². The molecule has 0 heterocycles. The van der Waals surface area contributed by atoms with E-state index < -0.39 is 0 Å². The Bertz CT molecular complexity index is 183. The molecule has 3 rings (SSSR count). The van der Waals surface area contributed by atoms with Gasteiger partial charge in [0.1, 0.15) is 0 Å². The second-order valence-corrected chi connectivity index (χ2v) is 4.77. The Morgan fingerprint density at radius 3 is 2.27 bits per heavy atom. The van der Waals surface area contributed by atoms with Gasteiger partial charge in [0.2, 0.25) is 0 Å². The van der Waals surface area contributed by atoms with E-state index in [1.165, 1.54) is 32.1 Å². The third-order valence-corrected chi connectivity index (χ3v) is 4.65. The molecule has 0 aromatic heterocycles. The molecule has 1 heteroatoms. The van der Waals surface area contributed by atoms with Gasteiger partial charge in [-0.05, 0) is 49.4 Å².